The Balaban J connectivity index is 1.66. The minimum Gasteiger partial charge on any atom is -0.481 e. The Kier molecular flexibility index (Phi) is 4.87. The molecule has 3 rings (SSSR count). The molecule has 5 nitrogen and oxygen atoms in total. The zero-order chi connectivity index (χ0) is 17.2. The molecule has 6 heteroatoms. The van der Waals surface area contributed by atoms with Crippen molar-refractivity contribution in [2.75, 3.05) is 19.8 Å². The smallest absolute Gasteiger partial charge is 0.313 e. The summed E-state index contributed by atoms with van der Waals surface area (Å²) >= 11 is 1.62. The lowest BCUT2D eigenvalue weighted by Gasteiger charge is -2.32. The van der Waals surface area contributed by atoms with Crippen LogP contribution in [0, 0.1) is 12.3 Å². The molecule has 1 fully saturated rings. The van der Waals surface area contributed by atoms with E-state index in [0.717, 1.165) is 21.2 Å². The highest BCUT2D eigenvalue weighted by Crippen LogP contribution is 2.29. The lowest BCUT2D eigenvalue weighted by Crippen LogP contribution is -2.48. The number of fused-ring (bicyclic) bond motifs is 1. The van der Waals surface area contributed by atoms with E-state index in [1.165, 1.54) is 0 Å². The highest BCUT2D eigenvalue weighted by Gasteiger charge is 2.40. The second-order valence-electron chi connectivity index (χ2n) is 6.46. The van der Waals surface area contributed by atoms with E-state index >= 15 is 0 Å². The molecule has 0 spiro atoms. The van der Waals surface area contributed by atoms with Crippen LogP contribution in [0.3, 0.4) is 0 Å². The van der Waals surface area contributed by atoms with E-state index in [9.17, 15) is 14.7 Å². The molecule has 24 heavy (non-hydrogen) atoms. The largest absolute Gasteiger partial charge is 0.481 e. The van der Waals surface area contributed by atoms with Crippen molar-refractivity contribution in [2.24, 2.45) is 5.41 Å². The van der Waals surface area contributed by atoms with E-state index in [-0.39, 0.29) is 25.5 Å². The number of carbonyl (C=O) groups excluding carboxylic acids is 1. The van der Waals surface area contributed by atoms with Gasteiger partial charge in [0.15, 0.2) is 0 Å². The lowest BCUT2D eigenvalue weighted by molar-refractivity contribution is -0.157. The SMILES string of the molecule is Cc1ccc2scc(CC(=O)NCC3(C(=O)O)CCCOC3)c2c1. The Morgan fingerprint density at radius 3 is 2.96 bits per heavy atom. The molecule has 1 aliphatic rings. The number of thiophene rings is 1. The highest BCUT2D eigenvalue weighted by molar-refractivity contribution is 7.17. The van der Waals surface area contributed by atoms with Crippen molar-refractivity contribution in [3.8, 4) is 0 Å². The van der Waals surface area contributed by atoms with Crippen LogP contribution >= 0.6 is 11.3 Å². The van der Waals surface area contributed by atoms with Gasteiger partial charge in [-0.1, -0.05) is 17.7 Å². The van der Waals surface area contributed by atoms with Crippen LogP contribution in [0.1, 0.15) is 24.0 Å². The molecule has 1 saturated heterocycles. The van der Waals surface area contributed by atoms with Gasteiger partial charge in [-0.3, -0.25) is 9.59 Å². The number of carboxylic acid groups (broad SMARTS) is 1. The summed E-state index contributed by atoms with van der Waals surface area (Å²) < 4.78 is 6.48. The van der Waals surface area contributed by atoms with Crippen molar-refractivity contribution in [1.82, 2.24) is 5.32 Å². The van der Waals surface area contributed by atoms with Crippen molar-refractivity contribution in [1.29, 1.82) is 0 Å². The van der Waals surface area contributed by atoms with Crippen molar-refractivity contribution in [3.05, 3.63) is 34.7 Å². The third-order valence-electron chi connectivity index (χ3n) is 4.56. The average molecular weight is 347 g/mol. The standard InChI is InChI=1S/C18H21NO4S/c1-12-3-4-15-14(7-12)13(9-24-15)8-16(20)19-10-18(17(21)22)5-2-6-23-11-18/h3-4,7,9H,2,5-6,8,10-11H2,1H3,(H,19,20)(H,21,22). The Morgan fingerprint density at radius 2 is 2.25 bits per heavy atom. The monoisotopic (exact) mass is 347 g/mol. The fourth-order valence-corrected chi connectivity index (χ4v) is 4.01. The summed E-state index contributed by atoms with van der Waals surface area (Å²) in [6.45, 7) is 2.88. The molecule has 2 aromatic rings. The number of nitrogens with one attached hydrogen (secondary N) is 1. The third kappa shape index (κ3) is 3.44. The summed E-state index contributed by atoms with van der Waals surface area (Å²) in [4.78, 5) is 23.9. The predicted molar refractivity (Wildman–Crippen MR) is 93.4 cm³/mol. The molecule has 1 unspecified atom stereocenters. The molecule has 0 radical (unpaired) electrons. The number of hydrogen-bond donors (Lipinski definition) is 2. The molecule has 1 aliphatic heterocycles. The van der Waals surface area contributed by atoms with Crippen LogP contribution in [0.5, 0.6) is 0 Å². The third-order valence-corrected chi connectivity index (χ3v) is 5.57. The molecular formula is C18H21NO4S. The summed E-state index contributed by atoms with van der Waals surface area (Å²) in [5.74, 6) is -1.05. The summed E-state index contributed by atoms with van der Waals surface area (Å²) in [7, 11) is 0. The first-order valence-electron chi connectivity index (χ1n) is 8.05. The lowest BCUT2D eigenvalue weighted by atomic mass is 9.82. The van der Waals surface area contributed by atoms with Gasteiger partial charge in [-0.2, -0.15) is 0 Å². The second-order valence-corrected chi connectivity index (χ2v) is 7.37. The number of amides is 1. The zero-order valence-electron chi connectivity index (χ0n) is 13.6. The quantitative estimate of drug-likeness (QED) is 0.872. The van der Waals surface area contributed by atoms with Crippen LogP contribution in [0.4, 0.5) is 0 Å². The number of ether oxygens (including phenoxy) is 1. The summed E-state index contributed by atoms with van der Waals surface area (Å²) in [6, 6.07) is 6.21. The van der Waals surface area contributed by atoms with Gasteiger partial charge in [0.05, 0.1) is 13.0 Å². The molecule has 1 amide bonds. The molecule has 0 aliphatic carbocycles. The van der Waals surface area contributed by atoms with Gasteiger partial charge in [0.25, 0.3) is 0 Å². The van der Waals surface area contributed by atoms with E-state index in [2.05, 4.69) is 23.5 Å². The maximum Gasteiger partial charge on any atom is 0.313 e. The highest BCUT2D eigenvalue weighted by atomic mass is 32.1. The van der Waals surface area contributed by atoms with Gasteiger partial charge in [0.1, 0.15) is 5.41 Å². The van der Waals surface area contributed by atoms with Crippen molar-refractivity contribution >= 4 is 33.3 Å². The number of carboxylic acids is 1. The molecule has 1 aromatic heterocycles. The molecule has 1 aromatic carbocycles. The molecule has 0 bridgehead atoms. The number of benzene rings is 1. The maximum atomic E-state index is 12.3. The van der Waals surface area contributed by atoms with Gasteiger partial charge in [-0.25, -0.2) is 0 Å². The predicted octanol–water partition coefficient (Wildman–Crippen LogP) is 2.75. The Bertz CT molecular complexity index is 761. The molecular weight excluding hydrogens is 326 g/mol. The van der Waals surface area contributed by atoms with Crippen LogP contribution in [-0.4, -0.2) is 36.7 Å². The minimum absolute atomic E-state index is 0.113. The molecule has 1 atom stereocenters. The second kappa shape index (κ2) is 6.91. The van der Waals surface area contributed by atoms with Gasteiger partial charge in [0, 0.05) is 17.9 Å². The van der Waals surface area contributed by atoms with Gasteiger partial charge < -0.3 is 15.2 Å². The molecule has 128 valence electrons. The van der Waals surface area contributed by atoms with E-state index in [4.69, 9.17) is 4.74 Å². The number of hydrogen-bond acceptors (Lipinski definition) is 4. The molecule has 0 saturated carbocycles. The normalized spacial score (nSPS) is 20.9. The van der Waals surface area contributed by atoms with Gasteiger partial charge in [0.2, 0.25) is 5.91 Å². The van der Waals surface area contributed by atoms with Crippen LogP contribution in [0.15, 0.2) is 23.6 Å². The zero-order valence-corrected chi connectivity index (χ0v) is 14.4. The number of aliphatic carboxylic acids is 1. The first kappa shape index (κ1) is 16.9. The topological polar surface area (TPSA) is 75.6 Å². The molecule has 2 N–H and O–H groups in total. The fourth-order valence-electron chi connectivity index (χ4n) is 3.07. The van der Waals surface area contributed by atoms with E-state index in [0.29, 0.717) is 19.4 Å². The Labute approximate surface area is 144 Å². The van der Waals surface area contributed by atoms with E-state index in [1.807, 2.05) is 12.3 Å². The average Bonchev–Trinajstić information content (AvgIpc) is 2.96. The van der Waals surface area contributed by atoms with Crippen molar-refractivity contribution in [3.63, 3.8) is 0 Å². The fraction of sp³-hybridized carbons (Fsp3) is 0.444. The number of aryl methyl sites for hydroxylation is 1. The Morgan fingerprint density at radius 1 is 1.42 bits per heavy atom. The van der Waals surface area contributed by atoms with Gasteiger partial charge >= 0.3 is 5.97 Å². The van der Waals surface area contributed by atoms with Crippen LogP contribution in [0.2, 0.25) is 0 Å². The van der Waals surface area contributed by atoms with E-state index in [1.54, 1.807) is 11.3 Å². The van der Waals surface area contributed by atoms with Gasteiger partial charge in [-0.05, 0) is 42.2 Å². The molecule has 2 heterocycles. The van der Waals surface area contributed by atoms with Crippen LogP contribution in [0.25, 0.3) is 10.1 Å². The van der Waals surface area contributed by atoms with Crippen molar-refractivity contribution in [2.45, 2.75) is 26.2 Å². The maximum absolute atomic E-state index is 12.3. The summed E-state index contributed by atoms with van der Waals surface area (Å²) in [5.41, 5.74) is 1.15. The van der Waals surface area contributed by atoms with Crippen molar-refractivity contribution < 1.29 is 19.4 Å². The first-order valence-corrected chi connectivity index (χ1v) is 8.93. The van der Waals surface area contributed by atoms with Crippen LogP contribution in [-0.2, 0) is 20.7 Å². The number of carbonyl (C=O) groups is 2. The minimum atomic E-state index is -0.999. The number of rotatable bonds is 5. The summed E-state index contributed by atoms with van der Waals surface area (Å²) in [6.07, 6.45) is 1.50. The van der Waals surface area contributed by atoms with Crippen LogP contribution < -0.4 is 5.32 Å². The van der Waals surface area contributed by atoms with Gasteiger partial charge in [-0.15, -0.1) is 11.3 Å². The Hall–Kier alpha value is -1.92. The summed E-state index contributed by atoms with van der Waals surface area (Å²) in [5, 5.41) is 15.4. The van der Waals surface area contributed by atoms with E-state index < -0.39 is 11.4 Å². The first-order chi connectivity index (χ1) is 11.5.